The Labute approximate surface area is 225 Å². The molecule has 0 spiro atoms. The Kier molecular flexibility index (Phi) is 5.52. The third kappa shape index (κ3) is 3.44. The second-order valence-corrected chi connectivity index (χ2v) is 16.9. The summed E-state index contributed by atoms with van der Waals surface area (Å²) < 4.78 is 19.5. The molecule has 0 aromatic heterocycles. The number of nitrogens with zero attached hydrogens (tertiary/aromatic N) is 1. The normalized spacial score (nSPS) is 35.6. The van der Waals surface area contributed by atoms with Gasteiger partial charge in [0, 0.05) is 18.3 Å². The molecule has 6 nitrogen and oxygen atoms in total. The van der Waals surface area contributed by atoms with Crippen LogP contribution in [0, 0.1) is 11.8 Å². The van der Waals surface area contributed by atoms with Gasteiger partial charge >= 0.3 is 6.09 Å². The van der Waals surface area contributed by atoms with E-state index < -0.39 is 14.4 Å². The lowest BCUT2D eigenvalue weighted by Gasteiger charge is -2.47. The standard InChI is InChI=1S/C31H35NO5Si/c1-31(2,3)38(21-10-6-4-7-11-21,22-12-8-5-9-13-22)37-26-17-19-16-23(26)27-29(19)36-30(34)32(27)28-24(33)18-20-14-15-25(28)35-20/h4-15,19-20,23,25-29H,16-18H2,1-3H3/t19-,20+,23+,25-,26-,27-,28-,29+/m0/s1. The van der Waals surface area contributed by atoms with E-state index in [2.05, 4.69) is 81.4 Å². The lowest BCUT2D eigenvalue weighted by molar-refractivity contribution is -0.138. The number of rotatable bonds is 5. The maximum Gasteiger partial charge on any atom is 0.411 e. The molecule has 198 valence electrons. The van der Waals surface area contributed by atoms with Crippen molar-refractivity contribution in [3.05, 3.63) is 72.8 Å². The highest BCUT2D eigenvalue weighted by Gasteiger charge is 2.66. The number of carbonyl (C=O) groups excluding carboxylic acids is 2. The number of ether oxygens (including phenoxy) is 2. The van der Waals surface area contributed by atoms with Crippen LogP contribution in [0.1, 0.15) is 40.0 Å². The van der Waals surface area contributed by atoms with Crippen LogP contribution in [0.5, 0.6) is 0 Å². The predicted molar refractivity (Wildman–Crippen MR) is 146 cm³/mol. The first-order valence-electron chi connectivity index (χ1n) is 13.9. The molecular weight excluding hydrogens is 494 g/mol. The van der Waals surface area contributed by atoms with Gasteiger partial charge in [0.1, 0.15) is 18.2 Å². The van der Waals surface area contributed by atoms with E-state index in [9.17, 15) is 9.59 Å². The van der Waals surface area contributed by atoms with Crippen LogP contribution in [0.15, 0.2) is 72.8 Å². The second kappa shape index (κ2) is 8.63. The Balaban J connectivity index is 1.27. The quantitative estimate of drug-likeness (QED) is 0.435. The number of carbonyl (C=O) groups is 2. The van der Waals surface area contributed by atoms with Gasteiger partial charge in [0.15, 0.2) is 5.78 Å². The molecule has 38 heavy (non-hydrogen) atoms. The summed E-state index contributed by atoms with van der Waals surface area (Å²) in [6.45, 7) is 6.89. The highest BCUT2D eigenvalue weighted by molar-refractivity contribution is 6.99. The van der Waals surface area contributed by atoms with Gasteiger partial charge in [0.05, 0.1) is 18.2 Å². The maximum absolute atomic E-state index is 13.3. The number of Topliss-reactive ketones (excluding diaryl/α,β-unsaturated/α-hetero) is 1. The minimum absolute atomic E-state index is 0.0176. The molecule has 0 unspecified atom stereocenters. The van der Waals surface area contributed by atoms with E-state index >= 15 is 0 Å². The summed E-state index contributed by atoms with van der Waals surface area (Å²) >= 11 is 0. The van der Waals surface area contributed by atoms with Gasteiger partial charge in [-0.1, -0.05) is 93.6 Å². The monoisotopic (exact) mass is 529 g/mol. The average molecular weight is 530 g/mol. The van der Waals surface area contributed by atoms with Crippen molar-refractivity contribution in [1.29, 1.82) is 0 Å². The lowest BCUT2D eigenvalue weighted by atomic mass is 9.88. The Morgan fingerprint density at radius 1 is 0.921 bits per heavy atom. The zero-order chi connectivity index (χ0) is 26.2. The minimum atomic E-state index is -2.75. The molecule has 4 fully saturated rings. The molecule has 2 saturated carbocycles. The van der Waals surface area contributed by atoms with Gasteiger partial charge in [0.25, 0.3) is 8.32 Å². The van der Waals surface area contributed by atoms with Crippen molar-refractivity contribution < 1.29 is 23.5 Å². The van der Waals surface area contributed by atoms with Crippen molar-refractivity contribution in [3.63, 3.8) is 0 Å². The fourth-order valence-corrected chi connectivity index (χ4v) is 12.8. The van der Waals surface area contributed by atoms with Crippen LogP contribution in [0.2, 0.25) is 5.04 Å². The minimum Gasteiger partial charge on any atom is -0.444 e. The summed E-state index contributed by atoms with van der Waals surface area (Å²) in [4.78, 5) is 28.2. The van der Waals surface area contributed by atoms with Crippen LogP contribution >= 0.6 is 0 Å². The molecule has 2 saturated heterocycles. The lowest BCUT2D eigenvalue weighted by Crippen LogP contribution is -2.68. The molecule has 4 bridgehead atoms. The third-order valence-electron chi connectivity index (χ3n) is 9.53. The van der Waals surface area contributed by atoms with E-state index in [0.29, 0.717) is 6.42 Å². The van der Waals surface area contributed by atoms with Crippen LogP contribution in [-0.2, 0) is 18.7 Å². The van der Waals surface area contributed by atoms with Crippen molar-refractivity contribution in [1.82, 2.24) is 4.90 Å². The van der Waals surface area contributed by atoms with E-state index in [-0.39, 0.29) is 59.2 Å². The summed E-state index contributed by atoms with van der Waals surface area (Å²) in [5.41, 5.74) is 0. The Morgan fingerprint density at radius 3 is 2.21 bits per heavy atom. The molecular formula is C31H35NO5Si. The molecule has 5 aliphatic rings. The van der Waals surface area contributed by atoms with Crippen molar-refractivity contribution in [2.24, 2.45) is 11.8 Å². The molecule has 0 radical (unpaired) electrons. The van der Waals surface area contributed by atoms with Crippen molar-refractivity contribution >= 4 is 30.6 Å². The van der Waals surface area contributed by atoms with Crippen molar-refractivity contribution in [2.45, 2.75) is 81.6 Å². The Hall–Kier alpha value is -2.74. The average Bonchev–Trinajstić information content (AvgIpc) is 3.65. The highest BCUT2D eigenvalue weighted by atomic mass is 28.4. The van der Waals surface area contributed by atoms with E-state index in [1.807, 2.05) is 12.2 Å². The van der Waals surface area contributed by atoms with Crippen molar-refractivity contribution in [3.8, 4) is 0 Å². The fourth-order valence-electron chi connectivity index (χ4n) is 8.04. The molecule has 3 aliphatic heterocycles. The van der Waals surface area contributed by atoms with Gasteiger partial charge in [0.2, 0.25) is 0 Å². The van der Waals surface area contributed by atoms with Crippen LogP contribution in [0.25, 0.3) is 0 Å². The highest BCUT2D eigenvalue weighted by Crippen LogP contribution is 2.55. The van der Waals surface area contributed by atoms with E-state index in [1.54, 1.807) is 4.90 Å². The Bertz CT molecular complexity index is 1230. The Morgan fingerprint density at radius 2 is 1.58 bits per heavy atom. The molecule has 2 aromatic rings. The molecule has 0 N–H and O–H groups in total. The van der Waals surface area contributed by atoms with Crippen LogP contribution in [0.4, 0.5) is 4.79 Å². The zero-order valence-electron chi connectivity index (χ0n) is 22.2. The molecule has 7 heteroatoms. The first-order chi connectivity index (χ1) is 18.3. The molecule has 1 amide bonds. The van der Waals surface area contributed by atoms with Gasteiger partial charge < -0.3 is 13.9 Å². The van der Waals surface area contributed by atoms with Crippen LogP contribution < -0.4 is 10.4 Å². The van der Waals surface area contributed by atoms with E-state index in [0.717, 1.165) is 12.8 Å². The van der Waals surface area contributed by atoms with Crippen LogP contribution in [-0.4, -0.2) is 61.6 Å². The predicted octanol–water partition coefficient (Wildman–Crippen LogP) is 3.83. The number of ketones is 1. The molecule has 2 aliphatic carbocycles. The smallest absolute Gasteiger partial charge is 0.411 e. The van der Waals surface area contributed by atoms with Crippen molar-refractivity contribution in [2.75, 3.05) is 0 Å². The number of hydrogen-bond acceptors (Lipinski definition) is 5. The van der Waals surface area contributed by atoms with E-state index in [4.69, 9.17) is 13.9 Å². The molecule has 2 aromatic carbocycles. The van der Waals surface area contributed by atoms with E-state index in [1.165, 1.54) is 10.4 Å². The molecule has 8 atom stereocenters. The largest absolute Gasteiger partial charge is 0.444 e. The van der Waals surface area contributed by atoms with Gasteiger partial charge in [-0.15, -0.1) is 0 Å². The summed E-state index contributed by atoms with van der Waals surface area (Å²) in [5.74, 6) is 0.434. The number of amides is 1. The summed E-state index contributed by atoms with van der Waals surface area (Å²) in [7, 11) is -2.75. The molecule has 7 rings (SSSR count). The maximum atomic E-state index is 13.3. The first-order valence-corrected chi connectivity index (χ1v) is 15.8. The third-order valence-corrected chi connectivity index (χ3v) is 14.6. The van der Waals surface area contributed by atoms with Gasteiger partial charge in [-0.2, -0.15) is 0 Å². The fraction of sp³-hybridized carbons (Fsp3) is 0.484. The number of benzene rings is 2. The summed E-state index contributed by atoms with van der Waals surface area (Å²) in [6, 6.07) is 20.6. The summed E-state index contributed by atoms with van der Waals surface area (Å²) in [6.07, 6.45) is 4.92. The molecule has 3 heterocycles. The number of fused-ring (bicyclic) bond motifs is 7. The zero-order valence-corrected chi connectivity index (χ0v) is 23.2. The van der Waals surface area contributed by atoms with Gasteiger partial charge in [-0.25, -0.2) is 4.79 Å². The second-order valence-electron chi connectivity index (χ2n) is 12.6. The number of hydrogen-bond donors (Lipinski definition) is 0. The van der Waals surface area contributed by atoms with Gasteiger partial charge in [-0.05, 0) is 28.3 Å². The van der Waals surface area contributed by atoms with Gasteiger partial charge in [-0.3, -0.25) is 9.69 Å². The SMILES string of the molecule is CC(C)(C)[Si](O[C@H]1C[C@@H]2C[C@H]1[C@H]1[C@@H]2OC(=O)N1[C@H]1C(=O)C[C@H]2C=C[C@@H]1O2)(c1ccccc1)c1ccccc1. The topological polar surface area (TPSA) is 65.1 Å². The first kappa shape index (κ1) is 24.3. The summed E-state index contributed by atoms with van der Waals surface area (Å²) in [5, 5.41) is 2.38. The van der Waals surface area contributed by atoms with Crippen LogP contribution in [0.3, 0.4) is 0 Å².